The standard InChI is InChI=1S/C22H20N2O/c1-17(25)22(24-23-20-15-9-4-10-16-20)21(18-11-5-2-6-12-18)19-13-7-3-8-14-19/h2-16,21,23H,1H3/b24-22+. The summed E-state index contributed by atoms with van der Waals surface area (Å²) in [5, 5.41) is 4.46. The van der Waals surface area contributed by atoms with Crippen LogP contribution < -0.4 is 5.43 Å². The molecule has 1 N–H and O–H groups in total. The van der Waals surface area contributed by atoms with Crippen LogP contribution in [0.15, 0.2) is 96.1 Å². The molecule has 0 atom stereocenters. The number of para-hydroxylation sites is 1. The molecule has 0 spiro atoms. The second-order valence-electron chi connectivity index (χ2n) is 5.79. The van der Waals surface area contributed by atoms with Gasteiger partial charge in [-0.3, -0.25) is 10.2 Å². The van der Waals surface area contributed by atoms with Crippen molar-refractivity contribution in [2.45, 2.75) is 12.8 Å². The minimum Gasteiger partial charge on any atom is -0.293 e. The number of carbonyl (C=O) groups is 1. The molecule has 3 rings (SSSR count). The fraction of sp³-hybridized carbons (Fsp3) is 0.0909. The van der Waals surface area contributed by atoms with Crippen LogP contribution in [0.4, 0.5) is 5.69 Å². The number of Topliss-reactive ketones (excluding diaryl/α,β-unsaturated/α-hetero) is 1. The van der Waals surface area contributed by atoms with Gasteiger partial charge in [0, 0.05) is 6.92 Å². The van der Waals surface area contributed by atoms with Crippen LogP contribution in [0.5, 0.6) is 0 Å². The van der Waals surface area contributed by atoms with Gasteiger partial charge in [-0.25, -0.2) is 0 Å². The van der Waals surface area contributed by atoms with Crippen molar-refractivity contribution in [3.63, 3.8) is 0 Å². The molecule has 25 heavy (non-hydrogen) atoms. The van der Waals surface area contributed by atoms with E-state index in [0.717, 1.165) is 16.8 Å². The van der Waals surface area contributed by atoms with Crippen molar-refractivity contribution in [1.82, 2.24) is 0 Å². The molecule has 0 amide bonds. The summed E-state index contributed by atoms with van der Waals surface area (Å²) in [5.41, 5.74) is 6.43. The van der Waals surface area contributed by atoms with Gasteiger partial charge in [-0.1, -0.05) is 78.9 Å². The summed E-state index contributed by atoms with van der Waals surface area (Å²) in [6.07, 6.45) is 0. The molecular weight excluding hydrogens is 308 g/mol. The van der Waals surface area contributed by atoms with Gasteiger partial charge in [-0.15, -0.1) is 0 Å². The summed E-state index contributed by atoms with van der Waals surface area (Å²) in [7, 11) is 0. The Labute approximate surface area is 148 Å². The Morgan fingerprint density at radius 1 is 0.760 bits per heavy atom. The topological polar surface area (TPSA) is 41.5 Å². The second-order valence-corrected chi connectivity index (χ2v) is 5.79. The molecule has 0 fully saturated rings. The predicted molar refractivity (Wildman–Crippen MR) is 103 cm³/mol. The van der Waals surface area contributed by atoms with Crippen molar-refractivity contribution >= 4 is 17.2 Å². The molecule has 0 heterocycles. The van der Waals surface area contributed by atoms with Crippen molar-refractivity contribution in [3.8, 4) is 0 Å². The van der Waals surface area contributed by atoms with Crippen LogP contribution in [-0.4, -0.2) is 11.5 Å². The molecule has 0 aliphatic rings. The van der Waals surface area contributed by atoms with Gasteiger partial charge in [0.1, 0.15) is 5.71 Å². The number of hydrogen-bond acceptors (Lipinski definition) is 3. The maximum Gasteiger partial charge on any atom is 0.176 e. The lowest BCUT2D eigenvalue weighted by Gasteiger charge is -2.19. The van der Waals surface area contributed by atoms with E-state index < -0.39 is 0 Å². The van der Waals surface area contributed by atoms with Crippen molar-refractivity contribution in [2.24, 2.45) is 5.10 Å². The first-order valence-corrected chi connectivity index (χ1v) is 8.25. The number of hydrazone groups is 1. The Kier molecular flexibility index (Phi) is 5.37. The van der Waals surface area contributed by atoms with Gasteiger partial charge in [0.25, 0.3) is 0 Å². The Morgan fingerprint density at radius 3 is 1.64 bits per heavy atom. The minimum atomic E-state index is -0.212. The number of hydrogen-bond donors (Lipinski definition) is 1. The van der Waals surface area contributed by atoms with Gasteiger partial charge in [-0.2, -0.15) is 5.10 Å². The maximum atomic E-state index is 12.4. The van der Waals surface area contributed by atoms with E-state index in [2.05, 4.69) is 10.5 Å². The third-order valence-electron chi connectivity index (χ3n) is 3.98. The zero-order valence-electron chi connectivity index (χ0n) is 14.1. The van der Waals surface area contributed by atoms with Gasteiger partial charge in [0.15, 0.2) is 5.78 Å². The highest BCUT2D eigenvalue weighted by atomic mass is 16.1. The van der Waals surface area contributed by atoms with Crippen molar-refractivity contribution < 1.29 is 4.79 Å². The van der Waals surface area contributed by atoms with E-state index in [-0.39, 0.29) is 11.7 Å². The highest BCUT2D eigenvalue weighted by Crippen LogP contribution is 2.27. The van der Waals surface area contributed by atoms with E-state index in [1.54, 1.807) is 6.92 Å². The number of rotatable bonds is 6. The van der Waals surface area contributed by atoms with E-state index >= 15 is 0 Å². The molecule has 0 radical (unpaired) electrons. The quantitative estimate of drug-likeness (QED) is 0.518. The third-order valence-corrected chi connectivity index (χ3v) is 3.98. The highest BCUT2D eigenvalue weighted by Gasteiger charge is 2.24. The first-order valence-electron chi connectivity index (χ1n) is 8.25. The largest absolute Gasteiger partial charge is 0.293 e. The summed E-state index contributed by atoms with van der Waals surface area (Å²) < 4.78 is 0. The molecule has 3 aromatic carbocycles. The molecular formula is C22H20N2O. The van der Waals surface area contributed by atoms with Gasteiger partial charge < -0.3 is 0 Å². The molecule has 3 nitrogen and oxygen atoms in total. The molecule has 0 aliphatic carbocycles. The molecule has 124 valence electrons. The molecule has 0 bridgehead atoms. The third kappa shape index (κ3) is 4.21. The summed E-state index contributed by atoms with van der Waals surface area (Å²) in [4.78, 5) is 12.4. The van der Waals surface area contributed by atoms with E-state index in [0.29, 0.717) is 5.71 Å². The number of anilines is 1. The van der Waals surface area contributed by atoms with Crippen LogP contribution in [0.3, 0.4) is 0 Å². The van der Waals surface area contributed by atoms with E-state index in [4.69, 9.17) is 0 Å². The summed E-state index contributed by atoms with van der Waals surface area (Å²) in [5.74, 6) is -0.266. The Bertz CT molecular complexity index is 803. The smallest absolute Gasteiger partial charge is 0.176 e. The van der Waals surface area contributed by atoms with Crippen LogP contribution >= 0.6 is 0 Å². The summed E-state index contributed by atoms with van der Waals surface area (Å²) in [6.45, 7) is 1.56. The first-order chi connectivity index (χ1) is 12.3. The lowest BCUT2D eigenvalue weighted by molar-refractivity contribution is -0.111. The molecule has 3 aromatic rings. The lowest BCUT2D eigenvalue weighted by atomic mass is 9.86. The van der Waals surface area contributed by atoms with Crippen LogP contribution in [0, 0.1) is 0 Å². The van der Waals surface area contributed by atoms with E-state index in [9.17, 15) is 4.79 Å². The maximum absolute atomic E-state index is 12.4. The van der Waals surface area contributed by atoms with Crippen molar-refractivity contribution in [1.29, 1.82) is 0 Å². The van der Waals surface area contributed by atoms with E-state index in [1.807, 2.05) is 91.0 Å². The number of carbonyl (C=O) groups excluding carboxylic acids is 1. The number of nitrogens with zero attached hydrogens (tertiary/aromatic N) is 1. The predicted octanol–water partition coefficient (Wildman–Crippen LogP) is 4.88. The second kappa shape index (κ2) is 8.06. The normalized spacial score (nSPS) is 11.4. The average Bonchev–Trinajstić information content (AvgIpc) is 2.67. The summed E-state index contributed by atoms with van der Waals surface area (Å²) in [6, 6.07) is 29.6. The molecule has 0 saturated heterocycles. The van der Waals surface area contributed by atoms with Crippen molar-refractivity contribution in [2.75, 3.05) is 5.43 Å². The van der Waals surface area contributed by atoms with Gasteiger partial charge >= 0.3 is 0 Å². The minimum absolute atomic E-state index is 0.0545. The van der Waals surface area contributed by atoms with Crippen LogP contribution in [0.25, 0.3) is 0 Å². The zero-order valence-corrected chi connectivity index (χ0v) is 14.1. The number of nitrogens with one attached hydrogen (secondary N) is 1. The van der Waals surface area contributed by atoms with Gasteiger partial charge in [-0.05, 0) is 23.3 Å². The Balaban J connectivity index is 2.03. The molecule has 0 unspecified atom stereocenters. The monoisotopic (exact) mass is 328 g/mol. The summed E-state index contributed by atoms with van der Waals surface area (Å²) >= 11 is 0. The lowest BCUT2D eigenvalue weighted by Crippen LogP contribution is -2.22. The fourth-order valence-electron chi connectivity index (χ4n) is 2.78. The molecule has 0 aliphatic heterocycles. The molecule has 0 aromatic heterocycles. The number of ketones is 1. The van der Waals surface area contributed by atoms with Crippen LogP contribution in [0.2, 0.25) is 0 Å². The van der Waals surface area contributed by atoms with Gasteiger partial charge in [0.2, 0.25) is 0 Å². The van der Waals surface area contributed by atoms with E-state index in [1.165, 1.54) is 0 Å². The van der Waals surface area contributed by atoms with Crippen LogP contribution in [0.1, 0.15) is 24.0 Å². The van der Waals surface area contributed by atoms with Gasteiger partial charge in [0.05, 0.1) is 11.6 Å². The molecule has 0 saturated carbocycles. The number of benzene rings is 3. The van der Waals surface area contributed by atoms with Crippen molar-refractivity contribution in [3.05, 3.63) is 102 Å². The average molecular weight is 328 g/mol. The fourth-order valence-corrected chi connectivity index (χ4v) is 2.78. The SMILES string of the molecule is CC(=O)/C(=N\Nc1ccccc1)C(c1ccccc1)c1ccccc1. The highest BCUT2D eigenvalue weighted by molar-refractivity contribution is 6.41. The zero-order chi connectivity index (χ0) is 17.5. The Morgan fingerprint density at radius 2 is 1.20 bits per heavy atom. The molecule has 3 heteroatoms. The van der Waals surface area contributed by atoms with Crippen LogP contribution in [-0.2, 0) is 4.79 Å². The Hall–Kier alpha value is -3.20. The first kappa shape index (κ1) is 16.7.